The van der Waals surface area contributed by atoms with Crippen LogP contribution < -0.4 is 14.8 Å². The van der Waals surface area contributed by atoms with Crippen LogP contribution in [-0.4, -0.2) is 40.6 Å². The third-order valence-electron chi connectivity index (χ3n) is 4.73. The predicted molar refractivity (Wildman–Crippen MR) is 119 cm³/mol. The highest BCUT2D eigenvalue weighted by Gasteiger charge is 2.30. The molecule has 1 N–H and O–H groups in total. The fourth-order valence-electron chi connectivity index (χ4n) is 3.15. The Morgan fingerprint density at radius 3 is 2.52 bits per heavy atom. The zero-order valence-electron chi connectivity index (χ0n) is 18.3. The van der Waals surface area contributed by atoms with Crippen molar-refractivity contribution in [1.82, 2.24) is 14.8 Å². The molecule has 3 aromatic rings. The maximum Gasteiger partial charge on any atom is 0.416 e. The van der Waals surface area contributed by atoms with Gasteiger partial charge in [-0.05, 0) is 42.8 Å². The third-order valence-corrected chi connectivity index (χ3v) is 5.69. The van der Waals surface area contributed by atoms with E-state index in [4.69, 9.17) is 9.47 Å². The summed E-state index contributed by atoms with van der Waals surface area (Å²) in [5.74, 6) is 1.49. The van der Waals surface area contributed by atoms with Crippen LogP contribution in [0, 0.1) is 0 Å². The number of hydrogen-bond acceptors (Lipinski definition) is 6. The van der Waals surface area contributed by atoms with Gasteiger partial charge in [-0.2, -0.15) is 13.2 Å². The molecule has 0 fully saturated rings. The molecule has 0 atom stereocenters. The number of aromatic nitrogens is 3. The zero-order chi connectivity index (χ0) is 24.0. The van der Waals surface area contributed by atoms with Crippen molar-refractivity contribution in [1.29, 1.82) is 0 Å². The number of anilines is 1. The fraction of sp³-hybridized carbons (Fsp3) is 0.318. The Hall–Kier alpha value is -3.21. The number of alkyl halides is 3. The minimum absolute atomic E-state index is 0.0231. The van der Waals surface area contributed by atoms with Gasteiger partial charge < -0.3 is 19.4 Å². The zero-order valence-corrected chi connectivity index (χ0v) is 19.1. The second kappa shape index (κ2) is 10.6. The SMILES string of the molecule is CCn1c(Cc2ccc(OC)c(OC)c2)nnc1SCC(=O)Nc1cccc(C(F)(F)F)c1. The summed E-state index contributed by atoms with van der Waals surface area (Å²) in [7, 11) is 3.13. The molecule has 0 radical (unpaired) electrons. The first kappa shape index (κ1) is 24.4. The van der Waals surface area contributed by atoms with Crippen molar-refractivity contribution in [2.24, 2.45) is 0 Å². The topological polar surface area (TPSA) is 78.3 Å². The van der Waals surface area contributed by atoms with E-state index in [0.29, 0.717) is 35.4 Å². The first-order chi connectivity index (χ1) is 15.7. The van der Waals surface area contributed by atoms with Gasteiger partial charge >= 0.3 is 6.18 Å². The number of nitrogens with one attached hydrogen (secondary N) is 1. The van der Waals surface area contributed by atoms with E-state index in [1.54, 1.807) is 14.2 Å². The van der Waals surface area contributed by atoms with Gasteiger partial charge in [0.1, 0.15) is 5.82 Å². The van der Waals surface area contributed by atoms with Crippen molar-refractivity contribution in [2.45, 2.75) is 31.2 Å². The molecule has 0 aliphatic rings. The maximum atomic E-state index is 12.8. The molecule has 11 heteroatoms. The molecule has 2 aromatic carbocycles. The summed E-state index contributed by atoms with van der Waals surface area (Å²) in [6.07, 6.45) is -3.98. The highest BCUT2D eigenvalue weighted by Crippen LogP contribution is 2.31. The number of halogens is 3. The lowest BCUT2D eigenvalue weighted by molar-refractivity contribution is -0.137. The summed E-state index contributed by atoms with van der Waals surface area (Å²) in [5.41, 5.74) is 0.216. The summed E-state index contributed by atoms with van der Waals surface area (Å²) in [4.78, 5) is 12.3. The van der Waals surface area contributed by atoms with Gasteiger partial charge in [0.2, 0.25) is 5.91 Å². The Balaban J connectivity index is 1.65. The van der Waals surface area contributed by atoms with Gasteiger partial charge in [-0.3, -0.25) is 4.79 Å². The number of carbonyl (C=O) groups excluding carboxylic acids is 1. The van der Waals surface area contributed by atoms with E-state index in [9.17, 15) is 18.0 Å². The average molecular weight is 481 g/mol. The Morgan fingerprint density at radius 2 is 1.85 bits per heavy atom. The van der Waals surface area contributed by atoms with Crippen molar-refractivity contribution in [3.8, 4) is 11.5 Å². The van der Waals surface area contributed by atoms with Gasteiger partial charge in [0, 0.05) is 18.7 Å². The summed E-state index contributed by atoms with van der Waals surface area (Å²) >= 11 is 1.16. The monoisotopic (exact) mass is 480 g/mol. The van der Waals surface area contributed by atoms with Gasteiger partial charge in [0.15, 0.2) is 16.7 Å². The third kappa shape index (κ3) is 6.19. The van der Waals surface area contributed by atoms with Crippen LogP contribution in [0.1, 0.15) is 23.9 Å². The Morgan fingerprint density at radius 1 is 1.09 bits per heavy atom. The van der Waals surface area contributed by atoms with Gasteiger partial charge in [-0.1, -0.05) is 23.9 Å². The van der Waals surface area contributed by atoms with Crippen LogP contribution in [-0.2, 0) is 23.9 Å². The molecule has 33 heavy (non-hydrogen) atoms. The van der Waals surface area contributed by atoms with E-state index in [-0.39, 0.29) is 11.4 Å². The molecular formula is C22H23F3N4O3S. The molecule has 176 valence electrons. The normalized spacial score (nSPS) is 11.3. The van der Waals surface area contributed by atoms with Crippen molar-refractivity contribution in [3.63, 3.8) is 0 Å². The highest BCUT2D eigenvalue weighted by molar-refractivity contribution is 7.99. The lowest BCUT2D eigenvalue weighted by atomic mass is 10.1. The van der Waals surface area contributed by atoms with E-state index in [1.165, 1.54) is 12.1 Å². The molecule has 0 saturated heterocycles. The minimum Gasteiger partial charge on any atom is -0.493 e. The fourth-order valence-corrected chi connectivity index (χ4v) is 3.97. The number of amides is 1. The van der Waals surface area contributed by atoms with Crippen molar-refractivity contribution >= 4 is 23.4 Å². The van der Waals surface area contributed by atoms with Crippen LogP contribution in [0.25, 0.3) is 0 Å². The molecule has 0 unspecified atom stereocenters. The smallest absolute Gasteiger partial charge is 0.416 e. The maximum absolute atomic E-state index is 12.8. The van der Waals surface area contributed by atoms with Gasteiger partial charge in [0.05, 0.1) is 25.5 Å². The van der Waals surface area contributed by atoms with Crippen LogP contribution in [0.4, 0.5) is 18.9 Å². The molecule has 0 aliphatic carbocycles. The number of benzene rings is 2. The van der Waals surface area contributed by atoms with Crippen molar-refractivity contribution in [3.05, 3.63) is 59.4 Å². The highest BCUT2D eigenvalue weighted by atomic mass is 32.2. The minimum atomic E-state index is -4.47. The van der Waals surface area contributed by atoms with Crippen LogP contribution in [0.15, 0.2) is 47.6 Å². The average Bonchev–Trinajstić information content (AvgIpc) is 3.18. The predicted octanol–water partition coefficient (Wildman–Crippen LogP) is 4.66. The summed E-state index contributed by atoms with van der Waals surface area (Å²) < 4.78 is 51.0. The Bertz CT molecular complexity index is 1120. The first-order valence-corrected chi connectivity index (χ1v) is 11.0. The van der Waals surface area contributed by atoms with Crippen molar-refractivity contribution in [2.75, 3.05) is 25.3 Å². The van der Waals surface area contributed by atoms with E-state index in [1.807, 2.05) is 29.7 Å². The van der Waals surface area contributed by atoms with Crippen LogP contribution >= 0.6 is 11.8 Å². The number of carbonyl (C=O) groups is 1. The van der Waals surface area contributed by atoms with Gasteiger partial charge in [-0.25, -0.2) is 0 Å². The van der Waals surface area contributed by atoms with Crippen molar-refractivity contribution < 1.29 is 27.4 Å². The second-order valence-electron chi connectivity index (χ2n) is 6.92. The first-order valence-electron chi connectivity index (χ1n) is 9.98. The summed E-state index contributed by atoms with van der Waals surface area (Å²) in [5, 5.41) is 11.5. The number of methoxy groups -OCH3 is 2. The van der Waals surface area contributed by atoms with Crippen LogP contribution in [0.5, 0.6) is 11.5 Å². The van der Waals surface area contributed by atoms with Crippen LogP contribution in [0.3, 0.4) is 0 Å². The largest absolute Gasteiger partial charge is 0.493 e. The lowest BCUT2D eigenvalue weighted by Gasteiger charge is -2.11. The Labute approximate surface area is 193 Å². The molecule has 1 aromatic heterocycles. The molecule has 1 heterocycles. The van der Waals surface area contributed by atoms with E-state index in [0.717, 1.165) is 29.5 Å². The molecule has 0 spiro atoms. The Kier molecular flexibility index (Phi) is 7.85. The number of hydrogen-bond donors (Lipinski definition) is 1. The number of nitrogens with zero attached hydrogens (tertiary/aromatic N) is 3. The molecule has 3 rings (SSSR count). The van der Waals surface area contributed by atoms with Gasteiger partial charge in [0.25, 0.3) is 0 Å². The lowest BCUT2D eigenvalue weighted by Crippen LogP contribution is -2.15. The quantitative estimate of drug-likeness (QED) is 0.449. The number of thioether (sulfide) groups is 1. The second-order valence-corrected chi connectivity index (χ2v) is 7.87. The molecule has 0 aliphatic heterocycles. The molecule has 0 bridgehead atoms. The number of ether oxygens (including phenoxy) is 2. The molecule has 7 nitrogen and oxygen atoms in total. The molecular weight excluding hydrogens is 457 g/mol. The van der Waals surface area contributed by atoms with Gasteiger partial charge in [-0.15, -0.1) is 10.2 Å². The summed E-state index contributed by atoms with van der Waals surface area (Å²) in [6, 6.07) is 10.1. The van der Waals surface area contributed by atoms with Crippen LogP contribution in [0.2, 0.25) is 0 Å². The van der Waals surface area contributed by atoms with E-state index < -0.39 is 17.6 Å². The standard InChI is InChI=1S/C22H23F3N4O3S/c1-4-29-19(11-14-8-9-17(31-2)18(10-14)32-3)27-28-21(29)33-13-20(30)26-16-7-5-6-15(12-16)22(23,24)25/h5-10,12H,4,11,13H2,1-3H3,(H,26,30). The van der Waals surface area contributed by atoms with E-state index in [2.05, 4.69) is 15.5 Å². The molecule has 1 amide bonds. The number of rotatable bonds is 9. The van der Waals surface area contributed by atoms with E-state index >= 15 is 0 Å². The summed E-state index contributed by atoms with van der Waals surface area (Å²) in [6.45, 7) is 2.53. The molecule has 0 saturated carbocycles.